The van der Waals surface area contributed by atoms with Gasteiger partial charge in [0.25, 0.3) is 5.91 Å². The fourth-order valence-electron chi connectivity index (χ4n) is 3.55. The van der Waals surface area contributed by atoms with Crippen molar-refractivity contribution in [1.82, 2.24) is 10.2 Å². The Morgan fingerprint density at radius 2 is 2.08 bits per heavy atom. The average Bonchev–Trinajstić information content (AvgIpc) is 3.01. The van der Waals surface area contributed by atoms with Gasteiger partial charge in [-0.3, -0.25) is 9.59 Å². The summed E-state index contributed by atoms with van der Waals surface area (Å²) in [4.78, 5) is 39.0. The van der Waals surface area contributed by atoms with E-state index in [2.05, 4.69) is 5.32 Å². The number of fused-ring (bicyclic) bond motifs is 3. The van der Waals surface area contributed by atoms with Crippen LogP contribution in [0.4, 0.5) is 0 Å². The number of benzene rings is 1. The lowest BCUT2D eigenvalue weighted by molar-refractivity contribution is -0.142. The lowest BCUT2D eigenvalue weighted by Crippen LogP contribution is -2.55. The smallest absolute Gasteiger partial charge is 0.326 e. The number of nitrogens with one attached hydrogen (secondary N) is 1. The monoisotopic (exact) mass is 394 g/mol. The molecular formula is C18H22N2O4S2. The highest BCUT2D eigenvalue weighted by atomic mass is 32.2. The first-order valence-corrected chi connectivity index (χ1v) is 10.7. The maximum Gasteiger partial charge on any atom is 0.326 e. The molecule has 2 heterocycles. The fourth-order valence-corrected chi connectivity index (χ4v) is 5.61. The molecule has 1 saturated heterocycles. The standard InChI is InChI=1S/C18H22N2O4S2/c1-18(2)13(14(21)19-12(17(23)24)8-9-25-3)20-15(22)10-6-4-5-7-11(10)16(20)26-18/h4-7,12-13,16H,8-9H2,1-3H3,(H,19,21)(H,23,24)/t12-,13-,16?/m1/s1. The molecule has 1 unspecified atom stereocenters. The van der Waals surface area contributed by atoms with Gasteiger partial charge in [0.05, 0.1) is 0 Å². The van der Waals surface area contributed by atoms with Crippen molar-refractivity contribution in [1.29, 1.82) is 0 Å². The third-order valence-electron chi connectivity index (χ3n) is 4.77. The van der Waals surface area contributed by atoms with Crippen LogP contribution in [0, 0.1) is 0 Å². The Kier molecular flexibility index (Phi) is 5.25. The number of aliphatic carboxylic acids is 1. The molecule has 0 aliphatic carbocycles. The van der Waals surface area contributed by atoms with Gasteiger partial charge in [0.15, 0.2) is 0 Å². The summed E-state index contributed by atoms with van der Waals surface area (Å²) in [6.07, 6.45) is 2.24. The van der Waals surface area contributed by atoms with E-state index in [1.165, 1.54) is 11.8 Å². The summed E-state index contributed by atoms with van der Waals surface area (Å²) in [6, 6.07) is 5.73. The van der Waals surface area contributed by atoms with Gasteiger partial charge in [0.2, 0.25) is 5.91 Å². The minimum atomic E-state index is -1.05. The Morgan fingerprint density at radius 1 is 1.38 bits per heavy atom. The Hall–Kier alpha value is -1.67. The molecule has 0 saturated carbocycles. The second kappa shape index (κ2) is 7.15. The van der Waals surface area contributed by atoms with Crippen LogP contribution in [0.1, 0.15) is 41.6 Å². The Balaban J connectivity index is 1.86. The number of amides is 2. The third kappa shape index (κ3) is 3.20. The topological polar surface area (TPSA) is 86.7 Å². The number of carbonyl (C=O) groups excluding carboxylic acids is 2. The molecule has 6 nitrogen and oxygen atoms in total. The van der Waals surface area contributed by atoms with Crippen molar-refractivity contribution in [2.24, 2.45) is 0 Å². The maximum absolute atomic E-state index is 13.0. The summed E-state index contributed by atoms with van der Waals surface area (Å²) in [5, 5.41) is 11.8. The molecule has 1 fully saturated rings. The highest BCUT2D eigenvalue weighted by Crippen LogP contribution is 2.56. The second-order valence-corrected chi connectivity index (χ2v) is 9.68. The Bertz CT molecular complexity index is 752. The molecule has 8 heteroatoms. The Morgan fingerprint density at radius 3 is 2.73 bits per heavy atom. The van der Waals surface area contributed by atoms with Crippen molar-refractivity contribution >= 4 is 41.3 Å². The highest BCUT2D eigenvalue weighted by molar-refractivity contribution is 8.01. The van der Waals surface area contributed by atoms with Gasteiger partial charge in [0, 0.05) is 10.3 Å². The summed E-state index contributed by atoms with van der Waals surface area (Å²) in [5.41, 5.74) is 1.54. The number of nitrogens with zero attached hydrogens (tertiary/aromatic N) is 1. The number of carboxylic acid groups (broad SMARTS) is 1. The van der Waals surface area contributed by atoms with Crippen LogP contribution in [0.15, 0.2) is 24.3 Å². The number of carboxylic acids is 1. The molecule has 1 aromatic carbocycles. The molecule has 26 heavy (non-hydrogen) atoms. The zero-order valence-corrected chi connectivity index (χ0v) is 16.5. The van der Waals surface area contributed by atoms with Crippen LogP contribution in [0.25, 0.3) is 0 Å². The molecule has 140 valence electrons. The zero-order chi connectivity index (χ0) is 19.1. The van der Waals surface area contributed by atoms with Crippen molar-refractivity contribution in [3.8, 4) is 0 Å². The molecule has 2 aliphatic heterocycles. The van der Waals surface area contributed by atoms with E-state index in [-0.39, 0.29) is 11.3 Å². The summed E-state index contributed by atoms with van der Waals surface area (Å²) in [6.45, 7) is 3.85. The van der Waals surface area contributed by atoms with Gasteiger partial charge in [-0.15, -0.1) is 11.8 Å². The van der Waals surface area contributed by atoms with E-state index >= 15 is 0 Å². The van der Waals surface area contributed by atoms with Gasteiger partial charge >= 0.3 is 5.97 Å². The molecule has 3 rings (SSSR count). The zero-order valence-electron chi connectivity index (χ0n) is 14.9. The van der Waals surface area contributed by atoms with Crippen molar-refractivity contribution in [2.45, 2.75) is 42.5 Å². The number of thioether (sulfide) groups is 2. The largest absolute Gasteiger partial charge is 0.480 e. The Labute approximate surface area is 161 Å². The SMILES string of the molecule is CSCC[C@@H](NC(=O)[C@H]1N2C(=O)c3ccccc3C2SC1(C)C)C(=O)O. The minimum Gasteiger partial charge on any atom is -0.480 e. The number of hydrogen-bond donors (Lipinski definition) is 2. The van der Waals surface area contributed by atoms with Gasteiger partial charge in [-0.25, -0.2) is 4.79 Å². The normalized spacial score (nSPS) is 24.1. The summed E-state index contributed by atoms with van der Waals surface area (Å²) < 4.78 is -0.513. The van der Waals surface area contributed by atoms with Crippen LogP contribution in [0.2, 0.25) is 0 Å². The van der Waals surface area contributed by atoms with Gasteiger partial charge in [-0.1, -0.05) is 18.2 Å². The predicted molar refractivity (Wildman–Crippen MR) is 103 cm³/mol. The average molecular weight is 395 g/mol. The molecule has 2 amide bonds. The summed E-state index contributed by atoms with van der Waals surface area (Å²) in [7, 11) is 0. The minimum absolute atomic E-state index is 0.167. The molecule has 0 aromatic heterocycles. The van der Waals surface area contributed by atoms with Crippen molar-refractivity contribution in [2.75, 3.05) is 12.0 Å². The van der Waals surface area contributed by atoms with Crippen LogP contribution >= 0.6 is 23.5 Å². The van der Waals surface area contributed by atoms with Crippen LogP contribution in [0.3, 0.4) is 0 Å². The fraction of sp³-hybridized carbons (Fsp3) is 0.500. The quantitative estimate of drug-likeness (QED) is 0.770. The highest BCUT2D eigenvalue weighted by Gasteiger charge is 2.57. The molecule has 3 atom stereocenters. The van der Waals surface area contributed by atoms with Crippen LogP contribution in [-0.2, 0) is 9.59 Å². The van der Waals surface area contributed by atoms with E-state index in [9.17, 15) is 19.5 Å². The first-order valence-electron chi connectivity index (χ1n) is 8.39. The first kappa shape index (κ1) is 19.1. The molecular weight excluding hydrogens is 372 g/mol. The lowest BCUT2D eigenvalue weighted by Gasteiger charge is -2.30. The van der Waals surface area contributed by atoms with Crippen LogP contribution in [0.5, 0.6) is 0 Å². The van der Waals surface area contributed by atoms with E-state index in [0.717, 1.165) is 5.56 Å². The number of hydrogen-bond acceptors (Lipinski definition) is 5. The van der Waals surface area contributed by atoms with E-state index < -0.39 is 28.7 Å². The second-order valence-electron chi connectivity index (χ2n) is 6.96. The van der Waals surface area contributed by atoms with Gasteiger partial charge in [-0.05, 0) is 43.9 Å². The molecule has 0 radical (unpaired) electrons. The molecule has 2 aliphatic rings. The van der Waals surface area contributed by atoms with Crippen LogP contribution in [-0.4, -0.2) is 56.6 Å². The van der Waals surface area contributed by atoms with Crippen molar-refractivity contribution < 1.29 is 19.5 Å². The molecule has 0 spiro atoms. The lowest BCUT2D eigenvalue weighted by atomic mass is 10.00. The maximum atomic E-state index is 13.0. The summed E-state index contributed by atoms with van der Waals surface area (Å²) >= 11 is 3.10. The predicted octanol–water partition coefficient (Wildman–Crippen LogP) is 2.36. The molecule has 2 N–H and O–H groups in total. The summed E-state index contributed by atoms with van der Waals surface area (Å²) in [5.74, 6) is -0.987. The molecule has 0 bridgehead atoms. The number of rotatable bonds is 6. The van der Waals surface area contributed by atoms with Crippen molar-refractivity contribution in [3.05, 3.63) is 35.4 Å². The molecule has 1 aromatic rings. The van der Waals surface area contributed by atoms with E-state index in [1.54, 1.807) is 22.7 Å². The van der Waals surface area contributed by atoms with Crippen molar-refractivity contribution in [3.63, 3.8) is 0 Å². The van der Waals surface area contributed by atoms with Gasteiger partial charge in [0.1, 0.15) is 17.5 Å². The van der Waals surface area contributed by atoms with Crippen LogP contribution < -0.4 is 5.32 Å². The van der Waals surface area contributed by atoms with Gasteiger partial charge in [-0.2, -0.15) is 11.8 Å². The van der Waals surface area contributed by atoms with Gasteiger partial charge < -0.3 is 15.3 Å². The number of carbonyl (C=O) groups is 3. The van der Waals surface area contributed by atoms with E-state index in [0.29, 0.717) is 17.7 Å². The van der Waals surface area contributed by atoms with E-state index in [4.69, 9.17) is 0 Å². The first-order chi connectivity index (χ1) is 12.3. The third-order valence-corrected chi connectivity index (χ3v) is 6.95. The van der Waals surface area contributed by atoms with E-state index in [1.807, 2.05) is 38.3 Å².